The average molecular weight is 590 g/mol. The maximum absolute atomic E-state index is 6.43. The Morgan fingerprint density at radius 3 is 1.88 bits per heavy atom. The topological polar surface area (TPSA) is 9.23 Å². The Morgan fingerprint density at radius 2 is 1.29 bits per heavy atom. The molecule has 5 aromatic rings. The first-order chi connectivity index (χ1) is 19.3. The molecule has 0 N–H and O–H groups in total. The van der Waals surface area contributed by atoms with Gasteiger partial charge in [-0.3, -0.25) is 0 Å². The zero-order chi connectivity index (χ0) is 28.8. The Balaban J connectivity index is 0.000000374. The number of allylic oxidation sites excluding steroid dienone is 2. The van der Waals surface area contributed by atoms with E-state index in [1.54, 1.807) is 0 Å². The molecule has 0 spiro atoms. The van der Waals surface area contributed by atoms with Crippen LogP contribution >= 0.6 is 0 Å². The molecule has 208 valence electrons. The SMILES string of the molecule is C[Si]C.Cc1ccc(C=CC(=C(Oc2ccccc2)c2ccccc2)C(C)(C)C)cc1.[Ti].c1ccc2[cH-]ccc2c1. The maximum atomic E-state index is 6.43. The third-order valence-electron chi connectivity index (χ3n) is 6.12. The molecule has 5 rings (SSSR count). The van der Waals surface area contributed by atoms with E-state index in [1.165, 1.54) is 21.9 Å². The Bertz CT molecular complexity index is 1440. The summed E-state index contributed by atoms with van der Waals surface area (Å²) in [4.78, 5) is 0. The normalized spacial score (nSPS) is 11.4. The minimum absolute atomic E-state index is 0. The minimum atomic E-state index is -0.0822. The van der Waals surface area contributed by atoms with Gasteiger partial charge in [0.2, 0.25) is 0 Å². The first-order valence-electron chi connectivity index (χ1n) is 13.8. The van der Waals surface area contributed by atoms with Gasteiger partial charge in [0.1, 0.15) is 11.5 Å². The largest absolute Gasteiger partial charge is 0.456 e. The van der Waals surface area contributed by atoms with E-state index in [2.05, 4.69) is 132 Å². The van der Waals surface area contributed by atoms with E-state index in [4.69, 9.17) is 4.74 Å². The van der Waals surface area contributed by atoms with Gasteiger partial charge in [0, 0.05) is 42.4 Å². The number of rotatable bonds is 5. The second kappa shape index (κ2) is 17.5. The maximum Gasteiger partial charge on any atom is 0.138 e. The molecule has 0 bridgehead atoms. The van der Waals surface area contributed by atoms with Crippen molar-refractivity contribution in [2.75, 3.05) is 0 Å². The summed E-state index contributed by atoms with van der Waals surface area (Å²) < 4.78 is 6.43. The van der Waals surface area contributed by atoms with E-state index in [-0.39, 0.29) is 27.1 Å². The summed E-state index contributed by atoms with van der Waals surface area (Å²) in [5.74, 6) is 1.73. The molecule has 0 atom stereocenters. The molecule has 1 nitrogen and oxygen atoms in total. The van der Waals surface area contributed by atoms with Crippen LogP contribution in [0.5, 0.6) is 5.75 Å². The van der Waals surface area contributed by atoms with Gasteiger partial charge in [0.25, 0.3) is 0 Å². The Morgan fingerprint density at radius 1 is 0.732 bits per heavy atom. The molecule has 0 aliphatic carbocycles. The predicted octanol–water partition coefficient (Wildman–Crippen LogP) is 10.9. The van der Waals surface area contributed by atoms with Gasteiger partial charge < -0.3 is 4.74 Å². The molecule has 41 heavy (non-hydrogen) atoms. The van der Waals surface area contributed by atoms with Crippen molar-refractivity contribution in [3.05, 3.63) is 156 Å². The van der Waals surface area contributed by atoms with Gasteiger partial charge in [-0.15, -0.1) is 29.7 Å². The van der Waals surface area contributed by atoms with Crippen LogP contribution in [0.1, 0.15) is 37.5 Å². The van der Waals surface area contributed by atoms with E-state index in [1.807, 2.05) is 48.5 Å². The zero-order valence-corrected chi connectivity index (χ0v) is 27.7. The van der Waals surface area contributed by atoms with Crippen LogP contribution in [0.15, 0.2) is 139 Å². The third kappa shape index (κ3) is 11.2. The standard InChI is InChI=1S/C27H28O.C9H7.C2H6Si.Ti/c1-21-15-17-22(18-16-21)19-20-25(27(2,3)4)26(23-11-7-5-8-12-23)28-24-13-9-6-10-14-24;1-2-5-9-7-3-6-8(9)4-1;1-3-2;/h5-20H,1-4H3;1-7H;1-2H3;/q;-1;;. The average Bonchev–Trinajstić information content (AvgIpc) is 3.44. The second-order valence-corrected chi connectivity index (χ2v) is 11.7. The molecule has 0 aromatic heterocycles. The van der Waals surface area contributed by atoms with Crippen molar-refractivity contribution in [2.45, 2.75) is 40.8 Å². The van der Waals surface area contributed by atoms with Gasteiger partial charge in [0.15, 0.2) is 0 Å². The van der Waals surface area contributed by atoms with Crippen molar-refractivity contribution in [1.29, 1.82) is 0 Å². The number of hydrogen-bond acceptors (Lipinski definition) is 1. The molecule has 0 saturated heterocycles. The first kappa shape index (κ1) is 33.9. The van der Waals surface area contributed by atoms with Crippen LogP contribution in [0.25, 0.3) is 22.6 Å². The molecule has 0 amide bonds. The van der Waals surface area contributed by atoms with E-state index >= 15 is 0 Å². The van der Waals surface area contributed by atoms with Crippen molar-refractivity contribution in [1.82, 2.24) is 0 Å². The molecule has 0 aliphatic rings. The predicted molar refractivity (Wildman–Crippen MR) is 177 cm³/mol. The quantitative estimate of drug-likeness (QED) is 0.0858. The fourth-order valence-corrected chi connectivity index (χ4v) is 4.06. The van der Waals surface area contributed by atoms with E-state index in [0.29, 0.717) is 0 Å². The second-order valence-electron chi connectivity index (χ2n) is 10.7. The minimum Gasteiger partial charge on any atom is -0.456 e. The fourth-order valence-electron chi connectivity index (χ4n) is 4.06. The van der Waals surface area contributed by atoms with E-state index in [9.17, 15) is 0 Å². The van der Waals surface area contributed by atoms with Gasteiger partial charge in [0.05, 0.1) is 0 Å². The number of hydrogen-bond donors (Lipinski definition) is 0. The van der Waals surface area contributed by atoms with E-state index < -0.39 is 0 Å². The fraction of sp³-hybridized carbons (Fsp3) is 0.184. The van der Waals surface area contributed by atoms with Crippen molar-refractivity contribution in [3.8, 4) is 5.75 Å². The number of aryl methyl sites for hydroxylation is 1. The molecule has 0 heterocycles. The molecule has 0 aliphatic heterocycles. The molecule has 3 heteroatoms. The summed E-state index contributed by atoms with van der Waals surface area (Å²) in [6.07, 6.45) is 4.35. The molecular formula is C38H41OSiTi-. The van der Waals surface area contributed by atoms with Crippen LogP contribution in [0.2, 0.25) is 13.1 Å². The van der Waals surface area contributed by atoms with Gasteiger partial charge in [-0.05, 0) is 30.0 Å². The summed E-state index contributed by atoms with van der Waals surface area (Å²) in [6, 6.07) is 43.5. The van der Waals surface area contributed by atoms with Crippen molar-refractivity contribution in [3.63, 3.8) is 0 Å². The van der Waals surface area contributed by atoms with Crippen molar-refractivity contribution in [2.24, 2.45) is 5.41 Å². The van der Waals surface area contributed by atoms with Crippen molar-refractivity contribution >= 4 is 32.1 Å². The van der Waals surface area contributed by atoms with Crippen LogP contribution in [-0.2, 0) is 21.7 Å². The first-order valence-corrected chi connectivity index (χ1v) is 15.8. The Labute approximate surface area is 265 Å². The summed E-state index contributed by atoms with van der Waals surface area (Å²) in [5.41, 5.74) is 4.59. The molecule has 2 radical (unpaired) electrons. The number of benzene rings is 4. The summed E-state index contributed by atoms with van der Waals surface area (Å²) in [5, 5.41) is 2.66. The van der Waals surface area contributed by atoms with Crippen LogP contribution in [-0.4, -0.2) is 9.52 Å². The van der Waals surface area contributed by atoms with Crippen LogP contribution < -0.4 is 4.74 Å². The van der Waals surface area contributed by atoms with Crippen LogP contribution in [0, 0.1) is 12.3 Å². The number of ether oxygens (including phenoxy) is 1. The molecule has 0 saturated carbocycles. The Kier molecular flexibility index (Phi) is 14.5. The summed E-state index contributed by atoms with van der Waals surface area (Å²) in [6.45, 7) is 13.1. The van der Waals surface area contributed by atoms with E-state index in [0.717, 1.165) is 32.2 Å². The Hall–Kier alpha value is -3.30. The zero-order valence-electron chi connectivity index (χ0n) is 25.2. The molecule has 5 aromatic carbocycles. The molecular weight excluding hydrogens is 548 g/mol. The van der Waals surface area contributed by atoms with Crippen molar-refractivity contribution < 1.29 is 26.5 Å². The summed E-state index contributed by atoms with van der Waals surface area (Å²) in [7, 11) is 1.08. The van der Waals surface area contributed by atoms with Gasteiger partial charge in [-0.2, -0.15) is 17.5 Å². The molecule has 0 fully saturated rings. The summed E-state index contributed by atoms with van der Waals surface area (Å²) >= 11 is 0. The van der Waals surface area contributed by atoms with Gasteiger partial charge in [-0.25, -0.2) is 0 Å². The monoisotopic (exact) mass is 589 g/mol. The number of fused-ring (bicyclic) bond motifs is 1. The third-order valence-corrected chi connectivity index (χ3v) is 6.12. The number of para-hydroxylation sites is 1. The smallest absolute Gasteiger partial charge is 0.138 e. The van der Waals surface area contributed by atoms with Crippen LogP contribution in [0.3, 0.4) is 0 Å². The van der Waals surface area contributed by atoms with Crippen LogP contribution in [0.4, 0.5) is 0 Å². The molecule has 0 unspecified atom stereocenters. The van der Waals surface area contributed by atoms with Gasteiger partial charge in [-0.1, -0.05) is 130 Å². The van der Waals surface area contributed by atoms with Gasteiger partial charge >= 0.3 is 0 Å².